The lowest BCUT2D eigenvalue weighted by Crippen LogP contribution is -2.42. The van der Waals surface area contributed by atoms with Gasteiger partial charge in [-0.2, -0.15) is 0 Å². The maximum Gasteiger partial charge on any atom is 0.320 e. The van der Waals surface area contributed by atoms with Crippen LogP contribution in [0.2, 0.25) is 0 Å². The van der Waals surface area contributed by atoms with E-state index in [1.54, 1.807) is 0 Å². The van der Waals surface area contributed by atoms with Crippen molar-refractivity contribution in [3.8, 4) is 0 Å². The molecule has 0 aromatic heterocycles. The molecule has 0 bridgehead atoms. The second-order valence-electron chi connectivity index (χ2n) is 7.59. The second kappa shape index (κ2) is 7.83. The fraction of sp³-hybridized carbons (Fsp3) is 0.409. The molecule has 25 heavy (non-hydrogen) atoms. The minimum absolute atomic E-state index is 0.0502. The van der Waals surface area contributed by atoms with Gasteiger partial charge in [-0.3, -0.25) is 9.69 Å². The molecule has 0 amide bonds. The number of likely N-dealkylation sites (N-methyl/N-ethyl adjacent to an activating group) is 1. The zero-order valence-corrected chi connectivity index (χ0v) is 16.0. The number of carbonyl (C=O) groups excluding carboxylic acids is 1. The van der Waals surface area contributed by atoms with Crippen molar-refractivity contribution >= 4 is 5.97 Å². The zero-order valence-electron chi connectivity index (χ0n) is 16.0. The summed E-state index contributed by atoms with van der Waals surface area (Å²) in [6.07, 6.45) is 0. The first kappa shape index (κ1) is 19.2. The molecular formula is C22H29NO2. The molecule has 0 atom stereocenters. The highest BCUT2D eigenvalue weighted by molar-refractivity contribution is 5.87. The summed E-state index contributed by atoms with van der Waals surface area (Å²) in [6.45, 7) is 9.46. The van der Waals surface area contributed by atoms with Gasteiger partial charge in [0.15, 0.2) is 0 Å². The highest BCUT2D eigenvalue weighted by Crippen LogP contribution is 2.33. The molecule has 0 unspecified atom stereocenters. The lowest BCUT2D eigenvalue weighted by molar-refractivity contribution is -0.149. The van der Waals surface area contributed by atoms with E-state index in [0.29, 0.717) is 13.2 Å². The largest absolute Gasteiger partial charge is 0.463 e. The Bertz CT molecular complexity index is 635. The molecule has 3 nitrogen and oxygen atoms in total. The third-order valence-corrected chi connectivity index (χ3v) is 4.92. The third-order valence-electron chi connectivity index (χ3n) is 4.92. The number of hydrogen-bond acceptors (Lipinski definition) is 3. The van der Waals surface area contributed by atoms with E-state index in [1.165, 1.54) is 0 Å². The molecule has 0 spiro atoms. The Hall–Kier alpha value is -2.13. The van der Waals surface area contributed by atoms with Gasteiger partial charge in [0.05, 0.1) is 0 Å². The van der Waals surface area contributed by atoms with Gasteiger partial charge in [-0.25, -0.2) is 0 Å². The van der Waals surface area contributed by atoms with Crippen LogP contribution in [0.15, 0.2) is 60.7 Å². The van der Waals surface area contributed by atoms with Crippen molar-refractivity contribution in [2.45, 2.75) is 38.6 Å². The summed E-state index contributed by atoms with van der Waals surface area (Å²) < 4.78 is 5.70. The van der Waals surface area contributed by atoms with Crippen LogP contribution < -0.4 is 0 Å². The van der Waals surface area contributed by atoms with Crippen molar-refractivity contribution < 1.29 is 9.53 Å². The maximum atomic E-state index is 13.1. The molecule has 0 aliphatic heterocycles. The van der Waals surface area contributed by atoms with E-state index in [4.69, 9.17) is 4.74 Å². The van der Waals surface area contributed by atoms with E-state index in [9.17, 15) is 4.79 Å². The van der Waals surface area contributed by atoms with Gasteiger partial charge in [-0.15, -0.1) is 0 Å². The summed E-state index contributed by atoms with van der Waals surface area (Å²) in [5, 5.41) is 0. The fourth-order valence-corrected chi connectivity index (χ4v) is 2.70. The van der Waals surface area contributed by atoms with E-state index in [1.807, 2.05) is 74.6 Å². The van der Waals surface area contributed by atoms with Crippen LogP contribution in [0, 0.1) is 0 Å². The number of ether oxygens (including phenoxy) is 1. The number of nitrogens with zero attached hydrogens (tertiary/aromatic N) is 1. The van der Waals surface area contributed by atoms with Gasteiger partial charge >= 0.3 is 5.97 Å². The molecule has 2 rings (SSSR count). The van der Waals surface area contributed by atoms with Crippen LogP contribution in [-0.2, 0) is 14.9 Å². The standard InChI is InChI=1S/C22H29NO2/c1-21(2,3)23(5)16-17-25-20(24)22(4,18-12-8-6-9-13-18)19-14-10-7-11-15-19/h6-15H,16-17H2,1-5H3. The number of carbonyl (C=O) groups is 1. The Morgan fingerprint density at radius 3 is 1.72 bits per heavy atom. The van der Waals surface area contributed by atoms with Crippen LogP contribution in [0.5, 0.6) is 0 Å². The fourth-order valence-electron chi connectivity index (χ4n) is 2.70. The predicted molar refractivity (Wildman–Crippen MR) is 103 cm³/mol. The molecule has 2 aromatic carbocycles. The quantitative estimate of drug-likeness (QED) is 0.736. The minimum Gasteiger partial charge on any atom is -0.463 e. The van der Waals surface area contributed by atoms with Gasteiger partial charge in [0.2, 0.25) is 0 Å². The van der Waals surface area contributed by atoms with E-state index < -0.39 is 5.41 Å². The summed E-state index contributed by atoms with van der Waals surface area (Å²) in [7, 11) is 2.04. The number of benzene rings is 2. The molecule has 0 saturated heterocycles. The van der Waals surface area contributed by atoms with Crippen molar-refractivity contribution in [1.29, 1.82) is 0 Å². The molecule has 0 radical (unpaired) electrons. The Labute approximate surface area is 151 Å². The SMILES string of the molecule is CN(CCOC(=O)C(C)(c1ccccc1)c1ccccc1)C(C)(C)C. The number of esters is 1. The van der Waals surface area contributed by atoms with Crippen LogP contribution >= 0.6 is 0 Å². The monoisotopic (exact) mass is 339 g/mol. The molecule has 0 N–H and O–H groups in total. The van der Waals surface area contributed by atoms with Crippen LogP contribution in [0.4, 0.5) is 0 Å². The smallest absolute Gasteiger partial charge is 0.320 e. The molecule has 0 aliphatic rings. The topological polar surface area (TPSA) is 29.5 Å². The van der Waals surface area contributed by atoms with Gasteiger partial charge in [-0.1, -0.05) is 60.7 Å². The summed E-state index contributed by atoms with van der Waals surface area (Å²) in [5.74, 6) is -0.216. The summed E-state index contributed by atoms with van der Waals surface area (Å²) in [4.78, 5) is 15.2. The first-order chi connectivity index (χ1) is 11.8. The lowest BCUT2D eigenvalue weighted by atomic mass is 9.76. The minimum atomic E-state index is -0.817. The van der Waals surface area contributed by atoms with Gasteiger partial charge < -0.3 is 4.74 Å². The summed E-state index contributed by atoms with van der Waals surface area (Å²) in [5.41, 5.74) is 1.11. The van der Waals surface area contributed by atoms with Crippen molar-refractivity contribution in [2.75, 3.05) is 20.2 Å². The predicted octanol–water partition coefficient (Wildman–Crippen LogP) is 4.27. The van der Waals surface area contributed by atoms with E-state index in [0.717, 1.165) is 11.1 Å². The van der Waals surface area contributed by atoms with Gasteiger partial charge in [-0.05, 0) is 45.9 Å². The Morgan fingerprint density at radius 2 is 1.32 bits per heavy atom. The average molecular weight is 339 g/mol. The molecule has 134 valence electrons. The van der Waals surface area contributed by atoms with Crippen LogP contribution in [-0.4, -0.2) is 36.6 Å². The molecule has 0 saturated carbocycles. The molecule has 0 aliphatic carbocycles. The molecule has 0 fully saturated rings. The summed E-state index contributed by atoms with van der Waals surface area (Å²) >= 11 is 0. The highest BCUT2D eigenvalue weighted by atomic mass is 16.5. The molecule has 3 heteroatoms. The third kappa shape index (κ3) is 4.49. The van der Waals surface area contributed by atoms with Crippen molar-refractivity contribution in [3.05, 3.63) is 71.8 Å². The van der Waals surface area contributed by atoms with Crippen LogP contribution in [0.1, 0.15) is 38.8 Å². The van der Waals surface area contributed by atoms with Crippen LogP contribution in [0.25, 0.3) is 0 Å². The molecular weight excluding hydrogens is 310 g/mol. The Balaban J connectivity index is 2.21. The summed E-state index contributed by atoms with van der Waals surface area (Å²) in [6, 6.07) is 19.7. The maximum absolute atomic E-state index is 13.1. The molecule has 0 heterocycles. The highest BCUT2D eigenvalue weighted by Gasteiger charge is 2.38. The van der Waals surface area contributed by atoms with Gasteiger partial charge in [0.1, 0.15) is 12.0 Å². The van der Waals surface area contributed by atoms with E-state index in [2.05, 4.69) is 25.7 Å². The van der Waals surface area contributed by atoms with Crippen molar-refractivity contribution in [2.24, 2.45) is 0 Å². The molecule has 2 aromatic rings. The van der Waals surface area contributed by atoms with Gasteiger partial charge in [0, 0.05) is 12.1 Å². The number of rotatable bonds is 6. The van der Waals surface area contributed by atoms with Crippen molar-refractivity contribution in [3.63, 3.8) is 0 Å². The van der Waals surface area contributed by atoms with Crippen molar-refractivity contribution in [1.82, 2.24) is 4.90 Å². The first-order valence-electron chi connectivity index (χ1n) is 8.76. The van der Waals surface area contributed by atoms with E-state index >= 15 is 0 Å². The van der Waals surface area contributed by atoms with Gasteiger partial charge in [0.25, 0.3) is 0 Å². The van der Waals surface area contributed by atoms with E-state index in [-0.39, 0.29) is 11.5 Å². The zero-order chi connectivity index (χ0) is 18.5. The second-order valence-corrected chi connectivity index (χ2v) is 7.59. The number of hydrogen-bond donors (Lipinski definition) is 0. The normalized spacial score (nSPS) is 12.2. The lowest BCUT2D eigenvalue weighted by Gasteiger charge is -2.33. The average Bonchev–Trinajstić information content (AvgIpc) is 2.61. The van der Waals surface area contributed by atoms with Crippen LogP contribution in [0.3, 0.4) is 0 Å². The Kier molecular flexibility index (Phi) is 6.02. The first-order valence-corrected chi connectivity index (χ1v) is 8.76. The Morgan fingerprint density at radius 1 is 0.880 bits per heavy atom.